The number of ether oxygens (including phenoxy) is 1. The standard InChI is InChI=1S/C18H26N2O4/c1-4-20(13-9-10-24-18(2,3)11-13)17(23)14-7-5-6-8-15(14)19-12-16(21)22/h5-8,13,19H,4,9-12H2,1-3H3,(H,21,22)/t13-/m0/s1. The molecule has 1 amide bonds. The first-order valence-electron chi connectivity index (χ1n) is 8.33. The number of carboxylic acid groups (broad SMARTS) is 1. The van der Waals surface area contributed by atoms with E-state index in [4.69, 9.17) is 9.84 Å². The number of carboxylic acids is 1. The van der Waals surface area contributed by atoms with Crippen molar-refractivity contribution in [2.24, 2.45) is 0 Å². The molecule has 1 aromatic carbocycles. The van der Waals surface area contributed by atoms with Crippen molar-refractivity contribution in [2.45, 2.75) is 45.3 Å². The van der Waals surface area contributed by atoms with E-state index < -0.39 is 5.97 Å². The minimum absolute atomic E-state index is 0.0753. The highest BCUT2D eigenvalue weighted by Crippen LogP contribution is 2.29. The van der Waals surface area contributed by atoms with Crippen molar-refractivity contribution >= 4 is 17.6 Å². The minimum atomic E-state index is -0.962. The number of para-hydroxylation sites is 1. The third-order valence-corrected chi connectivity index (χ3v) is 4.30. The van der Waals surface area contributed by atoms with Crippen molar-refractivity contribution in [3.8, 4) is 0 Å². The Morgan fingerprint density at radius 3 is 2.71 bits per heavy atom. The molecule has 6 nitrogen and oxygen atoms in total. The Morgan fingerprint density at radius 1 is 1.38 bits per heavy atom. The van der Waals surface area contributed by atoms with E-state index in [1.165, 1.54) is 0 Å². The van der Waals surface area contributed by atoms with Crippen LogP contribution in [0.2, 0.25) is 0 Å². The largest absolute Gasteiger partial charge is 0.480 e. The first-order chi connectivity index (χ1) is 11.3. The Balaban J connectivity index is 2.21. The molecule has 0 radical (unpaired) electrons. The molecule has 24 heavy (non-hydrogen) atoms. The number of carbonyl (C=O) groups is 2. The molecule has 1 atom stereocenters. The fourth-order valence-corrected chi connectivity index (χ4v) is 3.18. The van der Waals surface area contributed by atoms with Crippen molar-refractivity contribution in [3.05, 3.63) is 29.8 Å². The summed E-state index contributed by atoms with van der Waals surface area (Å²) in [5.41, 5.74) is 0.817. The quantitative estimate of drug-likeness (QED) is 0.836. The van der Waals surface area contributed by atoms with Gasteiger partial charge in [-0.3, -0.25) is 9.59 Å². The highest BCUT2D eigenvalue weighted by atomic mass is 16.5. The molecule has 6 heteroatoms. The summed E-state index contributed by atoms with van der Waals surface area (Å²) in [4.78, 5) is 25.7. The zero-order valence-electron chi connectivity index (χ0n) is 14.5. The molecule has 1 aliphatic heterocycles. The van der Waals surface area contributed by atoms with Crippen LogP contribution in [0.1, 0.15) is 44.0 Å². The normalized spacial score (nSPS) is 19.5. The summed E-state index contributed by atoms with van der Waals surface area (Å²) >= 11 is 0. The molecule has 1 fully saturated rings. The second-order valence-corrected chi connectivity index (χ2v) is 6.64. The predicted molar refractivity (Wildman–Crippen MR) is 92.3 cm³/mol. The molecule has 1 saturated heterocycles. The van der Waals surface area contributed by atoms with Gasteiger partial charge in [0.25, 0.3) is 5.91 Å². The Kier molecular flexibility index (Phi) is 5.83. The molecular formula is C18H26N2O4. The minimum Gasteiger partial charge on any atom is -0.480 e. The fraction of sp³-hybridized carbons (Fsp3) is 0.556. The SMILES string of the molecule is CCN(C(=O)c1ccccc1NCC(=O)O)[C@H]1CCOC(C)(C)C1. The second kappa shape index (κ2) is 7.66. The van der Waals surface area contributed by atoms with Crippen molar-refractivity contribution in [1.29, 1.82) is 0 Å². The lowest BCUT2D eigenvalue weighted by molar-refractivity contribution is -0.134. The lowest BCUT2D eigenvalue weighted by atomic mass is 9.92. The van der Waals surface area contributed by atoms with Crippen molar-refractivity contribution in [3.63, 3.8) is 0 Å². The van der Waals surface area contributed by atoms with Gasteiger partial charge in [-0.1, -0.05) is 12.1 Å². The van der Waals surface area contributed by atoms with E-state index in [0.717, 1.165) is 12.8 Å². The Morgan fingerprint density at radius 2 is 2.08 bits per heavy atom. The number of nitrogens with one attached hydrogen (secondary N) is 1. The van der Waals surface area contributed by atoms with E-state index in [9.17, 15) is 9.59 Å². The molecule has 132 valence electrons. The van der Waals surface area contributed by atoms with Gasteiger partial charge in [0.15, 0.2) is 0 Å². The number of aliphatic carboxylic acids is 1. The molecule has 2 N–H and O–H groups in total. The summed E-state index contributed by atoms with van der Waals surface area (Å²) in [6.45, 7) is 7.07. The van der Waals surface area contributed by atoms with Gasteiger partial charge in [0, 0.05) is 24.9 Å². The maximum atomic E-state index is 13.0. The summed E-state index contributed by atoms with van der Waals surface area (Å²) in [5, 5.41) is 11.7. The summed E-state index contributed by atoms with van der Waals surface area (Å²) in [7, 11) is 0. The third-order valence-electron chi connectivity index (χ3n) is 4.30. The molecular weight excluding hydrogens is 308 g/mol. The molecule has 0 spiro atoms. The Bertz CT molecular complexity index is 600. The van der Waals surface area contributed by atoms with Crippen molar-refractivity contribution < 1.29 is 19.4 Å². The van der Waals surface area contributed by atoms with Crippen molar-refractivity contribution in [1.82, 2.24) is 4.90 Å². The van der Waals surface area contributed by atoms with Crippen LogP contribution < -0.4 is 5.32 Å². The molecule has 1 heterocycles. The molecule has 0 aliphatic carbocycles. The second-order valence-electron chi connectivity index (χ2n) is 6.64. The van der Waals surface area contributed by atoms with E-state index in [1.54, 1.807) is 24.3 Å². The van der Waals surface area contributed by atoms with Crippen LogP contribution in [-0.4, -0.2) is 53.2 Å². The molecule has 0 aromatic heterocycles. The van der Waals surface area contributed by atoms with Crippen molar-refractivity contribution in [2.75, 3.05) is 25.0 Å². The lowest BCUT2D eigenvalue weighted by Crippen LogP contribution is -2.48. The third kappa shape index (κ3) is 4.47. The van der Waals surface area contributed by atoms with E-state index >= 15 is 0 Å². The number of amides is 1. The van der Waals surface area contributed by atoms with Crippen LogP contribution >= 0.6 is 0 Å². The first kappa shape index (κ1) is 18.3. The Labute approximate surface area is 142 Å². The highest BCUT2D eigenvalue weighted by Gasteiger charge is 2.34. The van der Waals surface area contributed by atoms with E-state index in [1.807, 2.05) is 25.7 Å². The highest BCUT2D eigenvalue weighted by molar-refractivity contribution is 6.00. The molecule has 0 bridgehead atoms. The topological polar surface area (TPSA) is 78.9 Å². The van der Waals surface area contributed by atoms with Gasteiger partial charge in [-0.15, -0.1) is 0 Å². The molecule has 1 aromatic rings. The van der Waals surface area contributed by atoms with E-state index in [0.29, 0.717) is 24.4 Å². The van der Waals surface area contributed by atoms with Gasteiger partial charge >= 0.3 is 5.97 Å². The predicted octanol–water partition coefficient (Wildman–Crippen LogP) is 2.60. The summed E-state index contributed by atoms with van der Waals surface area (Å²) < 4.78 is 5.75. The lowest BCUT2D eigenvalue weighted by Gasteiger charge is -2.41. The average molecular weight is 334 g/mol. The number of carbonyl (C=O) groups excluding carboxylic acids is 1. The van der Waals surface area contributed by atoms with Gasteiger partial charge in [0.1, 0.15) is 6.54 Å². The smallest absolute Gasteiger partial charge is 0.322 e. The van der Waals surface area contributed by atoms with Gasteiger partial charge < -0.3 is 20.1 Å². The van der Waals surface area contributed by atoms with Crippen LogP contribution in [-0.2, 0) is 9.53 Å². The van der Waals surface area contributed by atoms with Crippen LogP contribution in [0.4, 0.5) is 5.69 Å². The summed E-state index contributed by atoms with van der Waals surface area (Å²) in [6.07, 6.45) is 1.60. The average Bonchev–Trinajstić information content (AvgIpc) is 2.53. The summed E-state index contributed by atoms with van der Waals surface area (Å²) in [6, 6.07) is 7.17. The zero-order valence-corrected chi connectivity index (χ0v) is 14.5. The van der Waals surface area contributed by atoms with Crippen LogP contribution in [0.15, 0.2) is 24.3 Å². The van der Waals surface area contributed by atoms with E-state index in [-0.39, 0.29) is 24.1 Å². The van der Waals surface area contributed by atoms with Crippen LogP contribution in [0, 0.1) is 0 Å². The molecule has 1 aliphatic rings. The zero-order chi connectivity index (χ0) is 17.7. The van der Waals surface area contributed by atoms with Gasteiger partial charge in [-0.05, 0) is 45.7 Å². The maximum Gasteiger partial charge on any atom is 0.322 e. The number of hydrogen-bond donors (Lipinski definition) is 2. The molecule has 0 unspecified atom stereocenters. The van der Waals surface area contributed by atoms with Crippen LogP contribution in [0.5, 0.6) is 0 Å². The van der Waals surface area contributed by atoms with E-state index in [2.05, 4.69) is 5.32 Å². The number of benzene rings is 1. The summed E-state index contributed by atoms with van der Waals surface area (Å²) in [5.74, 6) is -1.04. The number of nitrogens with zero attached hydrogens (tertiary/aromatic N) is 1. The van der Waals surface area contributed by atoms with Gasteiger partial charge in [0.05, 0.1) is 11.2 Å². The van der Waals surface area contributed by atoms with Gasteiger partial charge in [0.2, 0.25) is 0 Å². The Hall–Kier alpha value is -2.08. The van der Waals surface area contributed by atoms with Crippen LogP contribution in [0.3, 0.4) is 0 Å². The molecule has 2 rings (SSSR count). The van der Waals surface area contributed by atoms with Gasteiger partial charge in [-0.25, -0.2) is 0 Å². The number of anilines is 1. The fourth-order valence-electron chi connectivity index (χ4n) is 3.18. The van der Waals surface area contributed by atoms with Gasteiger partial charge in [-0.2, -0.15) is 0 Å². The number of hydrogen-bond acceptors (Lipinski definition) is 4. The monoisotopic (exact) mass is 334 g/mol. The maximum absolute atomic E-state index is 13.0. The first-order valence-corrected chi connectivity index (χ1v) is 8.33. The molecule has 0 saturated carbocycles. The number of rotatable bonds is 6. The van der Waals surface area contributed by atoms with Crippen LogP contribution in [0.25, 0.3) is 0 Å².